The molecule has 22 heavy (non-hydrogen) atoms. The monoisotopic (exact) mass is 449 g/mol. The second-order valence-corrected chi connectivity index (χ2v) is 6.42. The predicted octanol–water partition coefficient (Wildman–Crippen LogP) is 5.66. The fraction of sp³-hybridized carbons (Fsp3) is 0.133. The Bertz CT molecular complexity index is 725. The molecule has 0 radical (unpaired) electrons. The molecule has 0 atom stereocenters. The third-order valence-electron chi connectivity index (χ3n) is 2.72. The van der Waals surface area contributed by atoms with E-state index in [4.69, 9.17) is 16.3 Å². The Kier molecular flexibility index (Phi) is 5.83. The van der Waals surface area contributed by atoms with Crippen molar-refractivity contribution in [3.8, 4) is 5.75 Å². The molecule has 0 aliphatic carbocycles. The standard InChI is InChI=1S/C15H11Br2ClFNO2/c1-2-22-14-12(17)5-8(18)6-13(14)20-15(21)10-4-3-9(19)7-11(10)16/h3-7H,2H2,1H3,(H,20,21). The molecule has 0 saturated carbocycles. The van der Waals surface area contributed by atoms with Gasteiger partial charge in [0.15, 0.2) is 5.75 Å². The number of ether oxygens (including phenoxy) is 1. The van der Waals surface area contributed by atoms with Crippen molar-refractivity contribution in [2.24, 2.45) is 0 Å². The molecule has 0 spiro atoms. The van der Waals surface area contributed by atoms with Crippen molar-refractivity contribution in [3.05, 3.63) is 55.7 Å². The van der Waals surface area contributed by atoms with E-state index in [-0.39, 0.29) is 0 Å². The summed E-state index contributed by atoms with van der Waals surface area (Å²) in [6, 6.07) is 7.11. The summed E-state index contributed by atoms with van der Waals surface area (Å²) in [5, 5.41) is 3.17. The van der Waals surface area contributed by atoms with Gasteiger partial charge in [-0.2, -0.15) is 0 Å². The van der Waals surface area contributed by atoms with Crippen LogP contribution in [0.15, 0.2) is 39.3 Å². The van der Waals surface area contributed by atoms with Crippen molar-refractivity contribution in [1.29, 1.82) is 0 Å². The minimum absolute atomic E-state index is 0.306. The summed E-state index contributed by atoms with van der Waals surface area (Å²) < 4.78 is 19.6. The number of hydrogen-bond acceptors (Lipinski definition) is 2. The minimum atomic E-state index is -0.427. The van der Waals surface area contributed by atoms with Crippen LogP contribution in [0.4, 0.5) is 10.1 Å². The Balaban J connectivity index is 2.35. The zero-order valence-corrected chi connectivity index (χ0v) is 15.4. The van der Waals surface area contributed by atoms with Crippen molar-refractivity contribution in [2.45, 2.75) is 6.92 Å². The van der Waals surface area contributed by atoms with Crippen LogP contribution in [0.25, 0.3) is 0 Å². The molecule has 0 bridgehead atoms. The first-order valence-electron chi connectivity index (χ1n) is 6.30. The van der Waals surface area contributed by atoms with E-state index in [9.17, 15) is 9.18 Å². The molecule has 1 amide bonds. The van der Waals surface area contributed by atoms with Crippen LogP contribution in [0.2, 0.25) is 5.02 Å². The maximum atomic E-state index is 13.1. The Labute approximate surface area is 149 Å². The number of rotatable bonds is 4. The summed E-state index contributed by atoms with van der Waals surface area (Å²) in [6.45, 7) is 2.27. The lowest BCUT2D eigenvalue weighted by atomic mass is 10.2. The Morgan fingerprint density at radius 3 is 2.64 bits per heavy atom. The second kappa shape index (κ2) is 7.44. The van der Waals surface area contributed by atoms with Gasteiger partial charge in [-0.15, -0.1) is 0 Å². The van der Waals surface area contributed by atoms with Gasteiger partial charge in [-0.25, -0.2) is 4.39 Å². The maximum Gasteiger partial charge on any atom is 0.256 e. The van der Waals surface area contributed by atoms with E-state index in [2.05, 4.69) is 37.2 Å². The molecule has 0 unspecified atom stereocenters. The number of hydrogen-bond donors (Lipinski definition) is 1. The van der Waals surface area contributed by atoms with Crippen LogP contribution in [0.5, 0.6) is 5.75 Å². The van der Waals surface area contributed by atoms with Gasteiger partial charge >= 0.3 is 0 Å². The molecule has 2 rings (SSSR count). The maximum absolute atomic E-state index is 13.1. The average molecular weight is 452 g/mol. The van der Waals surface area contributed by atoms with Crippen LogP contribution in [0.3, 0.4) is 0 Å². The fourth-order valence-corrected chi connectivity index (χ4v) is 3.26. The highest BCUT2D eigenvalue weighted by molar-refractivity contribution is 9.10. The van der Waals surface area contributed by atoms with Gasteiger partial charge in [0, 0.05) is 9.50 Å². The average Bonchev–Trinajstić information content (AvgIpc) is 2.42. The van der Waals surface area contributed by atoms with Gasteiger partial charge < -0.3 is 10.1 Å². The Morgan fingerprint density at radius 2 is 2.00 bits per heavy atom. The molecule has 0 fully saturated rings. The Morgan fingerprint density at radius 1 is 1.27 bits per heavy atom. The molecule has 0 heterocycles. The van der Waals surface area contributed by atoms with Gasteiger partial charge in [0.1, 0.15) is 5.82 Å². The van der Waals surface area contributed by atoms with E-state index < -0.39 is 11.7 Å². The van der Waals surface area contributed by atoms with Crippen LogP contribution in [0, 0.1) is 5.82 Å². The van der Waals surface area contributed by atoms with Crippen LogP contribution in [-0.4, -0.2) is 12.5 Å². The van der Waals surface area contributed by atoms with Crippen molar-refractivity contribution in [3.63, 3.8) is 0 Å². The molecule has 1 N–H and O–H groups in total. The van der Waals surface area contributed by atoms with Crippen molar-refractivity contribution in [1.82, 2.24) is 0 Å². The highest BCUT2D eigenvalue weighted by Crippen LogP contribution is 2.37. The number of carbonyl (C=O) groups is 1. The molecule has 2 aromatic rings. The number of anilines is 1. The van der Waals surface area contributed by atoms with E-state index >= 15 is 0 Å². The highest BCUT2D eigenvalue weighted by atomic mass is 79.9. The molecule has 0 saturated heterocycles. The summed E-state index contributed by atoms with van der Waals surface area (Å²) in [6.07, 6.45) is 0. The van der Waals surface area contributed by atoms with Gasteiger partial charge in [-0.05, 0) is 69.1 Å². The van der Waals surface area contributed by atoms with E-state index in [1.807, 2.05) is 6.92 Å². The van der Waals surface area contributed by atoms with Crippen LogP contribution in [0.1, 0.15) is 17.3 Å². The molecule has 2 aromatic carbocycles. The van der Waals surface area contributed by atoms with Gasteiger partial charge in [0.05, 0.1) is 22.3 Å². The van der Waals surface area contributed by atoms with Crippen molar-refractivity contribution >= 4 is 55.1 Å². The summed E-state index contributed by atoms with van der Waals surface area (Å²) >= 11 is 12.5. The molecule has 0 aromatic heterocycles. The van der Waals surface area contributed by atoms with Crippen LogP contribution < -0.4 is 10.1 Å². The minimum Gasteiger partial charge on any atom is -0.491 e. The SMILES string of the molecule is CCOc1c(Br)cc(Cl)cc1NC(=O)c1ccc(F)cc1Br. The normalized spacial score (nSPS) is 10.4. The first kappa shape index (κ1) is 17.2. The van der Waals surface area contributed by atoms with Crippen LogP contribution >= 0.6 is 43.5 Å². The van der Waals surface area contributed by atoms with Crippen molar-refractivity contribution < 1.29 is 13.9 Å². The summed E-state index contributed by atoms with van der Waals surface area (Å²) in [4.78, 5) is 12.3. The van der Waals surface area contributed by atoms with Gasteiger partial charge in [-0.3, -0.25) is 4.79 Å². The molecule has 116 valence electrons. The molecule has 7 heteroatoms. The zero-order valence-electron chi connectivity index (χ0n) is 11.4. The lowest BCUT2D eigenvalue weighted by Gasteiger charge is -2.14. The summed E-state index contributed by atoms with van der Waals surface area (Å²) in [5.41, 5.74) is 0.738. The van der Waals surface area contributed by atoms with Gasteiger partial charge in [0.2, 0.25) is 0 Å². The van der Waals surface area contributed by atoms with Gasteiger partial charge in [-0.1, -0.05) is 11.6 Å². The number of benzene rings is 2. The smallest absolute Gasteiger partial charge is 0.256 e. The lowest BCUT2D eigenvalue weighted by Crippen LogP contribution is -2.14. The van der Waals surface area contributed by atoms with E-state index in [0.29, 0.717) is 37.6 Å². The highest BCUT2D eigenvalue weighted by Gasteiger charge is 2.16. The summed E-state index contributed by atoms with van der Waals surface area (Å²) in [7, 11) is 0. The second-order valence-electron chi connectivity index (χ2n) is 4.28. The largest absolute Gasteiger partial charge is 0.491 e. The molecular weight excluding hydrogens is 440 g/mol. The summed E-state index contributed by atoms with van der Waals surface area (Å²) in [5.74, 6) is -0.343. The first-order chi connectivity index (χ1) is 10.4. The van der Waals surface area contributed by atoms with E-state index in [1.165, 1.54) is 18.2 Å². The third kappa shape index (κ3) is 4.00. The quantitative estimate of drug-likeness (QED) is 0.652. The molecule has 3 nitrogen and oxygen atoms in total. The number of halogens is 4. The fourth-order valence-electron chi connectivity index (χ4n) is 1.81. The molecule has 0 aliphatic rings. The topological polar surface area (TPSA) is 38.3 Å². The van der Waals surface area contributed by atoms with E-state index in [1.54, 1.807) is 12.1 Å². The van der Waals surface area contributed by atoms with Gasteiger partial charge in [0.25, 0.3) is 5.91 Å². The van der Waals surface area contributed by atoms with Crippen LogP contribution in [-0.2, 0) is 0 Å². The van der Waals surface area contributed by atoms with E-state index in [0.717, 1.165) is 0 Å². The number of amides is 1. The van der Waals surface area contributed by atoms with Crippen molar-refractivity contribution in [2.75, 3.05) is 11.9 Å². The molecular formula is C15H11Br2ClFNO2. The Hall–Kier alpha value is -1.11. The third-order valence-corrected chi connectivity index (χ3v) is 4.18. The molecule has 0 aliphatic heterocycles. The first-order valence-corrected chi connectivity index (χ1v) is 8.27. The zero-order chi connectivity index (χ0) is 16.3. The predicted molar refractivity (Wildman–Crippen MR) is 92.4 cm³/mol. The number of carbonyl (C=O) groups excluding carboxylic acids is 1. The lowest BCUT2D eigenvalue weighted by molar-refractivity contribution is 0.102. The number of nitrogens with one attached hydrogen (secondary N) is 1.